The van der Waals surface area contributed by atoms with Crippen molar-refractivity contribution in [1.82, 2.24) is 4.90 Å². The summed E-state index contributed by atoms with van der Waals surface area (Å²) in [5.74, 6) is -0.462. The molecule has 1 aliphatic carbocycles. The van der Waals surface area contributed by atoms with Crippen molar-refractivity contribution in [3.8, 4) is 0 Å². The zero-order chi connectivity index (χ0) is 12.2. The molecule has 0 unspecified atom stereocenters. The number of halogens is 3. The van der Waals surface area contributed by atoms with E-state index >= 15 is 0 Å². The van der Waals surface area contributed by atoms with Crippen LogP contribution < -0.4 is 0 Å². The summed E-state index contributed by atoms with van der Waals surface area (Å²) in [6, 6.07) is 0. The van der Waals surface area contributed by atoms with Crippen LogP contribution >= 0.6 is 0 Å². The van der Waals surface area contributed by atoms with Crippen molar-refractivity contribution in [3.05, 3.63) is 0 Å². The predicted molar refractivity (Wildman–Crippen MR) is 54.9 cm³/mol. The molecular formula is C11H18F3NO. The van der Waals surface area contributed by atoms with Crippen LogP contribution in [0.25, 0.3) is 0 Å². The minimum Gasteiger partial charge on any atom is -0.333 e. The average molecular weight is 237 g/mol. The molecule has 0 saturated heterocycles. The summed E-state index contributed by atoms with van der Waals surface area (Å²) < 4.78 is 36.9. The van der Waals surface area contributed by atoms with Gasteiger partial charge in [-0.05, 0) is 19.3 Å². The van der Waals surface area contributed by atoms with Gasteiger partial charge >= 0.3 is 6.18 Å². The molecule has 0 radical (unpaired) electrons. The van der Waals surface area contributed by atoms with E-state index in [0.717, 1.165) is 30.6 Å². The topological polar surface area (TPSA) is 20.3 Å². The second-order valence-corrected chi connectivity index (χ2v) is 4.36. The van der Waals surface area contributed by atoms with E-state index in [-0.39, 0.29) is 18.4 Å². The zero-order valence-electron chi connectivity index (χ0n) is 9.52. The third-order valence-corrected chi connectivity index (χ3v) is 2.92. The SMILES string of the molecule is CCCCN(CC(F)(F)F)C(=O)C1CCC1. The first-order valence-electron chi connectivity index (χ1n) is 5.79. The van der Waals surface area contributed by atoms with Gasteiger partial charge in [0.05, 0.1) is 0 Å². The molecule has 0 aromatic carbocycles. The molecule has 1 amide bonds. The smallest absolute Gasteiger partial charge is 0.333 e. The molecule has 0 bridgehead atoms. The van der Waals surface area contributed by atoms with E-state index < -0.39 is 12.7 Å². The van der Waals surface area contributed by atoms with Crippen molar-refractivity contribution < 1.29 is 18.0 Å². The quantitative estimate of drug-likeness (QED) is 0.719. The lowest BCUT2D eigenvalue weighted by Gasteiger charge is -2.32. The van der Waals surface area contributed by atoms with Gasteiger partial charge in [-0.3, -0.25) is 4.79 Å². The van der Waals surface area contributed by atoms with Gasteiger partial charge in [0.15, 0.2) is 0 Å². The summed E-state index contributed by atoms with van der Waals surface area (Å²) in [7, 11) is 0. The molecule has 0 aliphatic heterocycles. The van der Waals surface area contributed by atoms with Gasteiger partial charge < -0.3 is 4.90 Å². The van der Waals surface area contributed by atoms with E-state index in [0.29, 0.717) is 6.42 Å². The lowest BCUT2D eigenvalue weighted by Crippen LogP contribution is -2.44. The number of amides is 1. The van der Waals surface area contributed by atoms with Gasteiger partial charge in [-0.25, -0.2) is 0 Å². The van der Waals surface area contributed by atoms with Gasteiger partial charge in [0.1, 0.15) is 6.54 Å². The van der Waals surface area contributed by atoms with Gasteiger partial charge in [-0.1, -0.05) is 19.8 Å². The predicted octanol–water partition coefficient (Wildman–Crippen LogP) is 2.98. The lowest BCUT2D eigenvalue weighted by molar-refractivity contribution is -0.165. The summed E-state index contributed by atoms with van der Waals surface area (Å²) in [6.07, 6.45) is -0.392. The molecule has 0 atom stereocenters. The third-order valence-electron chi connectivity index (χ3n) is 2.92. The van der Waals surface area contributed by atoms with Crippen LogP contribution in [0.5, 0.6) is 0 Å². The normalized spacial score (nSPS) is 17.0. The third kappa shape index (κ3) is 4.02. The Bertz CT molecular complexity index is 236. The number of alkyl halides is 3. The van der Waals surface area contributed by atoms with E-state index in [1.54, 1.807) is 0 Å². The van der Waals surface area contributed by atoms with E-state index in [9.17, 15) is 18.0 Å². The van der Waals surface area contributed by atoms with Crippen LogP contribution in [0.4, 0.5) is 13.2 Å². The Balaban J connectivity index is 2.51. The van der Waals surface area contributed by atoms with Crippen molar-refractivity contribution >= 4 is 5.91 Å². The van der Waals surface area contributed by atoms with Gasteiger partial charge in [0.25, 0.3) is 0 Å². The van der Waals surface area contributed by atoms with Gasteiger partial charge in [-0.2, -0.15) is 13.2 Å². The summed E-state index contributed by atoms with van der Waals surface area (Å²) in [5.41, 5.74) is 0. The van der Waals surface area contributed by atoms with Crippen molar-refractivity contribution in [2.24, 2.45) is 5.92 Å². The number of carbonyl (C=O) groups excluding carboxylic acids is 1. The van der Waals surface area contributed by atoms with Crippen molar-refractivity contribution in [1.29, 1.82) is 0 Å². The van der Waals surface area contributed by atoms with Crippen molar-refractivity contribution in [3.63, 3.8) is 0 Å². The summed E-state index contributed by atoms with van der Waals surface area (Å²) in [5, 5.41) is 0. The number of nitrogens with zero attached hydrogens (tertiary/aromatic N) is 1. The van der Waals surface area contributed by atoms with Crippen molar-refractivity contribution in [2.45, 2.75) is 45.2 Å². The Hall–Kier alpha value is -0.740. The Morgan fingerprint density at radius 2 is 2.00 bits per heavy atom. The van der Waals surface area contributed by atoms with Crippen LogP contribution in [-0.2, 0) is 4.79 Å². The first-order valence-corrected chi connectivity index (χ1v) is 5.79. The Morgan fingerprint density at radius 1 is 1.38 bits per heavy atom. The highest BCUT2D eigenvalue weighted by molar-refractivity contribution is 5.79. The number of hydrogen-bond donors (Lipinski definition) is 0. The minimum absolute atomic E-state index is 0.154. The fourth-order valence-corrected chi connectivity index (χ4v) is 1.75. The van der Waals surface area contributed by atoms with Crippen molar-refractivity contribution in [2.75, 3.05) is 13.1 Å². The maximum atomic E-state index is 12.3. The van der Waals surface area contributed by atoms with E-state index in [1.165, 1.54) is 0 Å². The fourth-order valence-electron chi connectivity index (χ4n) is 1.75. The molecule has 1 rings (SSSR count). The first kappa shape index (κ1) is 13.3. The van der Waals surface area contributed by atoms with Crippen LogP contribution in [0.1, 0.15) is 39.0 Å². The molecule has 0 spiro atoms. The molecule has 0 N–H and O–H groups in total. The van der Waals surface area contributed by atoms with Crippen LogP contribution in [0.2, 0.25) is 0 Å². The fraction of sp³-hybridized carbons (Fsp3) is 0.909. The summed E-state index contributed by atoms with van der Waals surface area (Å²) in [4.78, 5) is 12.7. The molecule has 0 aromatic heterocycles. The molecule has 2 nitrogen and oxygen atoms in total. The number of unbranched alkanes of at least 4 members (excludes halogenated alkanes) is 1. The maximum Gasteiger partial charge on any atom is 0.406 e. The second kappa shape index (κ2) is 5.55. The average Bonchev–Trinajstić information content (AvgIpc) is 2.07. The molecule has 94 valence electrons. The molecular weight excluding hydrogens is 219 g/mol. The van der Waals surface area contributed by atoms with Crippen LogP contribution in [0, 0.1) is 5.92 Å². The molecule has 5 heteroatoms. The zero-order valence-corrected chi connectivity index (χ0v) is 9.52. The van der Waals surface area contributed by atoms with Crippen LogP contribution in [0.15, 0.2) is 0 Å². The summed E-state index contributed by atoms with van der Waals surface area (Å²) in [6.45, 7) is 1.03. The summed E-state index contributed by atoms with van der Waals surface area (Å²) >= 11 is 0. The highest BCUT2D eigenvalue weighted by atomic mass is 19.4. The molecule has 0 heterocycles. The Labute approximate surface area is 93.8 Å². The molecule has 1 saturated carbocycles. The number of rotatable bonds is 5. The van der Waals surface area contributed by atoms with E-state index in [2.05, 4.69) is 0 Å². The van der Waals surface area contributed by atoms with Gasteiger partial charge in [0.2, 0.25) is 5.91 Å². The molecule has 1 fully saturated rings. The molecule has 1 aliphatic rings. The number of hydrogen-bond acceptors (Lipinski definition) is 1. The maximum absolute atomic E-state index is 12.3. The largest absolute Gasteiger partial charge is 0.406 e. The molecule has 0 aromatic rings. The van der Waals surface area contributed by atoms with E-state index in [1.807, 2.05) is 6.92 Å². The lowest BCUT2D eigenvalue weighted by atomic mass is 9.84. The Morgan fingerprint density at radius 3 is 2.38 bits per heavy atom. The van der Waals surface area contributed by atoms with Gasteiger partial charge in [0, 0.05) is 12.5 Å². The monoisotopic (exact) mass is 237 g/mol. The number of carbonyl (C=O) groups is 1. The van der Waals surface area contributed by atoms with Crippen LogP contribution in [-0.4, -0.2) is 30.1 Å². The molecule has 16 heavy (non-hydrogen) atoms. The Kier molecular flexibility index (Phi) is 4.62. The van der Waals surface area contributed by atoms with Gasteiger partial charge in [-0.15, -0.1) is 0 Å². The first-order chi connectivity index (χ1) is 7.44. The van der Waals surface area contributed by atoms with E-state index in [4.69, 9.17) is 0 Å². The van der Waals surface area contributed by atoms with Crippen LogP contribution in [0.3, 0.4) is 0 Å². The standard InChI is InChI=1S/C11H18F3NO/c1-2-3-7-15(8-11(12,13)14)10(16)9-5-4-6-9/h9H,2-8H2,1H3. The minimum atomic E-state index is -4.28. The highest BCUT2D eigenvalue weighted by Crippen LogP contribution is 2.29. The second-order valence-electron chi connectivity index (χ2n) is 4.36. The highest BCUT2D eigenvalue weighted by Gasteiger charge is 2.36.